The lowest BCUT2D eigenvalue weighted by Crippen LogP contribution is -3.09. The Kier molecular flexibility index (Phi) is 8.18. The molecule has 1 amide bonds. The van der Waals surface area contributed by atoms with Gasteiger partial charge in [-0.15, -0.1) is 0 Å². The van der Waals surface area contributed by atoms with Crippen molar-refractivity contribution in [2.75, 3.05) is 54.6 Å². The maximum absolute atomic E-state index is 12.5. The van der Waals surface area contributed by atoms with Crippen LogP contribution in [0, 0.1) is 0 Å². The fourth-order valence-corrected chi connectivity index (χ4v) is 4.18. The largest absolute Gasteiger partial charge is 0.497 e. The quantitative estimate of drug-likeness (QED) is 0.597. The van der Waals surface area contributed by atoms with Gasteiger partial charge in [0.15, 0.2) is 11.5 Å². The van der Waals surface area contributed by atoms with Gasteiger partial charge in [0, 0.05) is 38.3 Å². The van der Waals surface area contributed by atoms with Crippen molar-refractivity contribution in [3.8, 4) is 17.2 Å². The molecule has 1 saturated heterocycles. The Hall–Kier alpha value is -2.73. The summed E-state index contributed by atoms with van der Waals surface area (Å²) in [7, 11) is 7.20. The number of carbonyl (C=O) groups excluding carboxylic acids is 1. The molecule has 6 heteroatoms. The zero-order valence-corrected chi connectivity index (χ0v) is 19.1. The van der Waals surface area contributed by atoms with Gasteiger partial charge in [-0.1, -0.05) is 18.2 Å². The average molecular weight is 428 g/mol. The molecule has 1 heterocycles. The van der Waals surface area contributed by atoms with Crippen LogP contribution >= 0.6 is 0 Å². The third-order valence-corrected chi connectivity index (χ3v) is 6.12. The van der Waals surface area contributed by atoms with E-state index < -0.39 is 0 Å². The number of amides is 1. The number of benzene rings is 2. The highest BCUT2D eigenvalue weighted by Crippen LogP contribution is 2.29. The zero-order chi connectivity index (χ0) is 22.2. The van der Waals surface area contributed by atoms with Gasteiger partial charge in [0.25, 0.3) is 0 Å². The first-order valence-electron chi connectivity index (χ1n) is 11.0. The van der Waals surface area contributed by atoms with Crippen LogP contribution in [0.2, 0.25) is 0 Å². The normalized spacial score (nSPS) is 17.0. The Balaban J connectivity index is 1.41. The number of nitrogens with zero attached hydrogens (tertiary/aromatic N) is 1. The maximum atomic E-state index is 12.5. The van der Waals surface area contributed by atoms with Crippen LogP contribution in [0.3, 0.4) is 0 Å². The number of carbonyl (C=O) groups is 1. The number of likely N-dealkylation sites (tertiary alicyclic amines) is 1. The minimum atomic E-state index is 0.267. The molecule has 1 unspecified atom stereocenters. The van der Waals surface area contributed by atoms with Crippen LogP contribution in [-0.4, -0.2) is 65.4 Å². The summed E-state index contributed by atoms with van der Waals surface area (Å²) in [6.45, 7) is 3.73. The summed E-state index contributed by atoms with van der Waals surface area (Å²) in [6, 6.07) is 14.2. The van der Waals surface area contributed by atoms with Crippen molar-refractivity contribution in [1.29, 1.82) is 0 Å². The molecule has 2 aromatic carbocycles. The highest BCUT2D eigenvalue weighted by atomic mass is 16.5. The molecule has 1 N–H and O–H groups in total. The summed E-state index contributed by atoms with van der Waals surface area (Å²) in [5.41, 5.74) is 2.46. The zero-order valence-electron chi connectivity index (χ0n) is 19.1. The predicted octanol–water partition coefficient (Wildman–Crippen LogP) is 2.18. The molecule has 31 heavy (non-hydrogen) atoms. The number of nitrogens with one attached hydrogen (secondary N) is 1. The van der Waals surface area contributed by atoms with E-state index in [4.69, 9.17) is 14.2 Å². The van der Waals surface area contributed by atoms with Crippen LogP contribution < -0.4 is 19.1 Å². The molecule has 2 aromatic rings. The summed E-state index contributed by atoms with van der Waals surface area (Å²) in [5, 5.41) is 0. The Bertz CT molecular complexity index is 853. The van der Waals surface area contributed by atoms with Gasteiger partial charge in [0.1, 0.15) is 5.75 Å². The van der Waals surface area contributed by atoms with E-state index in [1.54, 1.807) is 21.3 Å². The monoisotopic (exact) mass is 427 g/mol. The van der Waals surface area contributed by atoms with Crippen LogP contribution in [0.1, 0.15) is 29.9 Å². The Labute approximate surface area is 185 Å². The topological polar surface area (TPSA) is 52.4 Å². The van der Waals surface area contributed by atoms with E-state index in [0.717, 1.165) is 56.3 Å². The van der Waals surface area contributed by atoms with Crippen molar-refractivity contribution < 1.29 is 23.9 Å². The van der Waals surface area contributed by atoms with Crippen molar-refractivity contribution >= 4 is 5.91 Å². The van der Waals surface area contributed by atoms with E-state index >= 15 is 0 Å². The molecule has 0 spiro atoms. The minimum absolute atomic E-state index is 0.267. The molecule has 0 aliphatic carbocycles. The molecule has 2 atom stereocenters. The first-order chi connectivity index (χ1) is 15.0. The molecule has 0 saturated carbocycles. The first-order valence-corrected chi connectivity index (χ1v) is 11.0. The second kappa shape index (κ2) is 11.0. The first kappa shape index (κ1) is 22.9. The number of likely N-dealkylation sites (N-methyl/N-ethyl adjacent to an activating group) is 1. The van der Waals surface area contributed by atoms with Crippen LogP contribution in [0.25, 0.3) is 0 Å². The maximum Gasteiger partial charge on any atom is 0.223 e. The molecule has 0 aromatic heterocycles. The number of ether oxygens (including phenoxy) is 3. The summed E-state index contributed by atoms with van der Waals surface area (Å²) in [5.74, 6) is 2.94. The van der Waals surface area contributed by atoms with Crippen LogP contribution in [0.4, 0.5) is 0 Å². The lowest BCUT2D eigenvalue weighted by Gasteiger charge is -2.19. The lowest BCUT2D eigenvalue weighted by molar-refractivity contribution is -0.879. The number of methoxy groups -OCH3 is 3. The van der Waals surface area contributed by atoms with Gasteiger partial charge in [-0.05, 0) is 35.4 Å². The van der Waals surface area contributed by atoms with Crippen LogP contribution in [0.5, 0.6) is 17.2 Å². The molecule has 1 fully saturated rings. The second-order valence-electron chi connectivity index (χ2n) is 8.26. The third-order valence-electron chi connectivity index (χ3n) is 6.12. The van der Waals surface area contributed by atoms with Crippen molar-refractivity contribution in [2.45, 2.75) is 25.2 Å². The number of hydrogen-bond acceptors (Lipinski definition) is 4. The molecule has 0 bridgehead atoms. The summed E-state index contributed by atoms with van der Waals surface area (Å²) in [6.07, 6.45) is 2.60. The molecule has 0 radical (unpaired) electrons. The second-order valence-corrected chi connectivity index (χ2v) is 8.26. The van der Waals surface area contributed by atoms with Gasteiger partial charge < -0.3 is 24.0 Å². The molecular formula is C25H35N2O4+. The smallest absolute Gasteiger partial charge is 0.223 e. The Morgan fingerprint density at radius 2 is 1.71 bits per heavy atom. The highest BCUT2D eigenvalue weighted by Gasteiger charge is 2.30. The molecule has 3 rings (SSSR count). The Morgan fingerprint density at radius 1 is 0.968 bits per heavy atom. The Morgan fingerprint density at radius 3 is 2.39 bits per heavy atom. The van der Waals surface area contributed by atoms with E-state index in [9.17, 15) is 4.79 Å². The van der Waals surface area contributed by atoms with Crippen molar-refractivity contribution in [3.05, 3.63) is 53.6 Å². The van der Waals surface area contributed by atoms with E-state index in [-0.39, 0.29) is 11.8 Å². The average Bonchev–Trinajstić information content (AvgIpc) is 3.17. The van der Waals surface area contributed by atoms with Gasteiger partial charge in [-0.25, -0.2) is 0 Å². The van der Waals surface area contributed by atoms with Crippen molar-refractivity contribution in [3.63, 3.8) is 0 Å². The number of rotatable bonds is 11. The van der Waals surface area contributed by atoms with E-state index in [0.29, 0.717) is 6.42 Å². The molecular weight excluding hydrogens is 392 g/mol. The van der Waals surface area contributed by atoms with Gasteiger partial charge in [0.05, 0.1) is 41.5 Å². The van der Waals surface area contributed by atoms with Gasteiger partial charge >= 0.3 is 0 Å². The summed E-state index contributed by atoms with van der Waals surface area (Å²) < 4.78 is 15.9. The van der Waals surface area contributed by atoms with Crippen molar-refractivity contribution in [2.24, 2.45) is 0 Å². The fourth-order valence-electron chi connectivity index (χ4n) is 4.18. The highest BCUT2D eigenvalue weighted by molar-refractivity contribution is 5.79. The van der Waals surface area contributed by atoms with E-state index in [1.807, 2.05) is 29.2 Å². The fraction of sp³-hybridized carbons (Fsp3) is 0.480. The third kappa shape index (κ3) is 6.14. The van der Waals surface area contributed by atoms with Gasteiger partial charge in [-0.2, -0.15) is 0 Å². The van der Waals surface area contributed by atoms with Crippen LogP contribution in [0.15, 0.2) is 42.5 Å². The van der Waals surface area contributed by atoms with Crippen molar-refractivity contribution in [1.82, 2.24) is 4.90 Å². The SMILES string of the molecule is COc1ccc([C@@H]2CC(=O)N(CCC[NH+](C)CCc3ccc(OC)c(OC)c3)C2)cc1. The lowest BCUT2D eigenvalue weighted by atomic mass is 9.98. The number of hydrogen-bond donors (Lipinski definition) is 1. The molecule has 1 aliphatic rings. The van der Waals surface area contributed by atoms with Crippen LogP contribution in [-0.2, 0) is 11.2 Å². The predicted molar refractivity (Wildman–Crippen MR) is 121 cm³/mol. The van der Waals surface area contributed by atoms with Gasteiger partial charge in [-0.3, -0.25) is 4.79 Å². The minimum Gasteiger partial charge on any atom is -0.497 e. The summed E-state index contributed by atoms with van der Waals surface area (Å²) >= 11 is 0. The van der Waals surface area contributed by atoms with Gasteiger partial charge in [0.2, 0.25) is 5.91 Å². The molecule has 168 valence electrons. The molecule has 1 aliphatic heterocycles. The molecule has 6 nitrogen and oxygen atoms in total. The number of quaternary nitrogens is 1. The standard InChI is InChI=1S/C25H34N2O4/c1-26(15-12-19-6-11-23(30-3)24(16-19)31-4)13-5-14-27-18-21(17-25(27)28)20-7-9-22(29-2)10-8-20/h6-11,16,21H,5,12-15,17-18H2,1-4H3/p+1/t21-/m1/s1. The van der Waals surface area contributed by atoms with E-state index in [2.05, 4.69) is 25.2 Å². The summed E-state index contributed by atoms with van der Waals surface area (Å²) in [4.78, 5) is 15.9. The van der Waals surface area contributed by atoms with E-state index in [1.165, 1.54) is 16.0 Å².